The summed E-state index contributed by atoms with van der Waals surface area (Å²) in [6.07, 6.45) is 0.571. The van der Waals surface area contributed by atoms with E-state index >= 15 is 0 Å². The average molecular weight is 250 g/mol. The highest BCUT2D eigenvalue weighted by molar-refractivity contribution is 6.00. The Hall–Kier alpha value is -1.75. The summed E-state index contributed by atoms with van der Waals surface area (Å²) in [5, 5.41) is 2.77. The van der Waals surface area contributed by atoms with Crippen molar-refractivity contribution in [1.29, 1.82) is 0 Å². The van der Waals surface area contributed by atoms with Crippen molar-refractivity contribution < 1.29 is 14.3 Å². The molecule has 0 aromatic heterocycles. The number of rotatable bonds is 5. The lowest BCUT2D eigenvalue weighted by Crippen LogP contribution is -2.12. The van der Waals surface area contributed by atoms with Crippen LogP contribution in [0, 0.1) is 0 Å². The molecule has 2 rings (SSSR count). The monoisotopic (exact) mass is 250 g/mol. The van der Waals surface area contributed by atoms with Crippen molar-refractivity contribution >= 4 is 17.3 Å². The van der Waals surface area contributed by atoms with Crippen LogP contribution in [-0.4, -0.2) is 25.2 Å². The van der Waals surface area contributed by atoms with Gasteiger partial charge in [0.15, 0.2) is 0 Å². The van der Waals surface area contributed by atoms with Crippen molar-refractivity contribution in [1.82, 2.24) is 0 Å². The Balaban J connectivity index is 1.97. The Kier molecular flexibility index (Phi) is 3.72. The van der Waals surface area contributed by atoms with Gasteiger partial charge in [0.1, 0.15) is 12.4 Å². The summed E-state index contributed by atoms with van der Waals surface area (Å²) >= 11 is 0. The van der Waals surface area contributed by atoms with Crippen molar-refractivity contribution in [2.75, 3.05) is 24.3 Å². The van der Waals surface area contributed by atoms with Gasteiger partial charge in [-0.25, -0.2) is 0 Å². The topological polar surface area (TPSA) is 73.6 Å². The maximum Gasteiger partial charge on any atom is 0.228 e. The van der Waals surface area contributed by atoms with Gasteiger partial charge in [-0.05, 0) is 25.5 Å². The number of ether oxygens (including phenoxy) is 2. The van der Waals surface area contributed by atoms with E-state index in [4.69, 9.17) is 15.2 Å². The Morgan fingerprint density at radius 2 is 2.17 bits per heavy atom. The highest BCUT2D eigenvalue weighted by Crippen LogP contribution is 2.32. The number of hydrogen-bond acceptors (Lipinski definition) is 4. The van der Waals surface area contributed by atoms with Gasteiger partial charge in [0.2, 0.25) is 5.91 Å². The van der Waals surface area contributed by atoms with Gasteiger partial charge in [-0.1, -0.05) is 0 Å². The largest absolute Gasteiger partial charge is 0.489 e. The zero-order valence-electron chi connectivity index (χ0n) is 10.7. The minimum absolute atomic E-state index is 0.00955. The minimum atomic E-state index is -0.00955. The molecule has 0 saturated carbocycles. The second-order valence-electron chi connectivity index (χ2n) is 4.54. The maximum absolute atomic E-state index is 11.2. The fourth-order valence-electron chi connectivity index (χ4n) is 1.83. The van der Waals surface area contributed by atoms with Gasteiger partial charge < -0.3 is 20.5 Å². The van der Waals surface area contributed by atoms with Crippen LogP contribution in [0.5, 0.6) is 5.75 Å². The van der Waals surface area contributed by atoms with E-state index in [0.29, 0.717) is 31.1 Å². The molecule has 1 aromatic carbocycles. The summed E-state index contributed by atoms with van der Waals surface area (Å²) < 4.78 is 10.9. The molecule has 1 aromatic rings. The smallest absolute Gasteiger partial charge is 0.228 e. The molecule has 0 radical (unpaired) electrons. The second kappa shape index (κ2) is 5.27. The van der Waals surface area contributed by atoms with Crippen LogP contribution in [0.4, 0.5) is 11.4 Å². The van der Waals surface area contributed by atoms with Crippen LogP contribution in [0.15, 0.2) is 12.1 Å². The van der Waals surface area contributed by atoms with Crippen LogP contribution in [-0.2, 0) is 16.0 Å². The molecule has 1 aliphatic rings. The number of anilines is 2. The normalized spacial score (nSPS) is 13.6. The van der Waals surface area contributed by atoms with Gasteiger partial charge in [-0.2, -0.15) is 0 Å². The summed E-state index contributed by atoms with van der Waals surface area (Å²) in [7, 11) is 0. The molecular weight excluding hydrogens is 232 g/mol. The first kappa shape index (κ1) is 12.7. The van der Waals surface area contributed by atoms with E-state index in [1.165, 1.54) is 0 Å². The average Bonchev–Trinajstić information content (AvgIpc) is 2.63. The van der Waals surface area contributed by atoms with E-state index in [1.807, 2.05) is 13.8 Å². The van der Waals surface area contributed by atoms with Crippen LogP contribution in [0.25, 0.3) is 0 Å². The Morgan fingerprint density at radius 3 is 2.89 bits per heavy atom. The SMILES string of the molecule is CC(C)OCCOc1cc2c(cc1N)CC(=O)N2. The molecule has 0 unspecified atom stereocenters. The highest BCUT2D eigenvalue weighted by Gasteiger charge is 2.19. The number of amides is 1. The first-order valence-electron chi connectivity index (χ1n) is 6.03. The van der Waals surface area contributed by atoms with Crippen molar-refractivity contribution in [3.05, 3.63) is 17.7 Å². The molecule has 0 spiro atoms. The zero-order valence-corrected chi connectivity index (χ0v) is 10.7. The predicted molar refractivity (Wildman–Crippen MR) is 69.8 cm³/mol. The standard InChI is InChI=1S/C13H18N2O3/c1-8(2)17-3-4-18-12-7-11-9(5-10(12)14)6-13(16)15-11/h5,7-8H,3-4,6,14H2,1-2H3,(H,15,16). The predicted octanol–water partition coefficient (Wildman–Crippen LogP) is 1.57. The lowest BCUT2D eigenvalue weighted by molar-refractivity contribution is -0.115. The number of nitrogens with one attached hydrogen (secondary N) is 1. The van der Waals surface area contributed by atoms with E-state index in [1.54, 1.807) is 12.1 Å². The van der Waals surface area contributed by atoms with Crippen LogP contribution in [0.1, 0.15) is 19.4 Å². The zero-order chi connectivity index (χ0) is 13.1. The molecule has 0 aliphatic carbocycles. The van der Waals surface area contributed by atoms with E-state index < -0.39 is 0 Å². The molecule has 1 heterocycles. The lowest BCUT2D eigenvalue weighted by Gasteiger charge is -2.12. The van der Waals surface area contributed by atoms with Gasteiger partial charge in [0.25, 0.3) is 0 Å². The number of hydrogen-bond donors (Lipinski definition) is 2. The van der Waals surface area contributed by atoms with Crippen LogP contribution in [0.3, 0.4) is 0 Å². The summed E-state index contributed by atoms with van der Waals surface area (Å²) in [5.74, 6) is 0.577. The van der Waals surface area contributed by atoms with Gasteiger partial charge in [0.05, 0.1) is 24.8 Å². The Morgan fingerprint density at radius 1 is 1.39 bits per heavy atom. The minimum Gasteiger partial charge on any atom is -0.489 e. The van der Waals surface area contributed by atoms with Crippen molar-refractivity contribution in [2.45, 2.75) is 26.4 Å². The third-order valence-electron chi connectivity index (χ3n) is 2.65. The first-order valence-corrected chi connectivity index (χ1v) is 6.03. The number of nitrogen functional groups attached to an aromatic ring is 1. The van der Waals surface area contributed by atoms with E-state index in [-0.39, 0.29) is 12.0 Å². The summed E-state index contributed by atoms with van der Waals surface area (Å²) in [6, 6.07) is 3.55. The molecule has 0 fully saturated rings. The second-order valence-corrected chi connectivity index (χ2v) is 4.54. The number of fused-ring (bicyclic) bond motifs is 1. The van der Waals surface area contributed by atoms with Gasteiger partial charge >= 0.3 is 0 Å². The molecule has 1 amide bonds. The first-order chi connectivity index (χ1) is 8.56. The van der Waals surface area contributed by atoms with Crippen molar-refractivity contribution in [3.63, 3.8) is 0 Å². The quantitative estimate of drug-likeness (QED) is 0.614. The van der Waals surface area contributed by atoms with Crippen LogP contribution < -0.4 is 15.8 Å². The Bertz CT molecular complexity index is 458. The fourth-order valence-corrected chi connectivity index (χ4v) is 1.83. The third kappa shape index (κ3) is 2.92. The number of nitrogens with two attached hydrogens (primary N) is 1. The number of carbonyl (C=O) groups excluding carboxylic acids is 1. The molecule has 0 atom stereocenters. The Labute approximate surface area is 106 Å². The molecular formula is C13H18N2O3. The molecule has 1 aliphatic heterocycles. The van der Waals surface area contributed by atoms with E-state index in [0.717, 1.165) is 11.3 Å². The maximum atomic E-state index is 11.2. The molecule has 18 heavy (non-hydrogen) atoms. The molecule has 98 valence electrons. The summed E-state index contributed by atoms with van der Waals surface area (Å²) in [5.41, 5.74) is 8.13. The molecule has 5 heteroatoms. The number of carbonyl (C=O) groups is 1. The fraction of sp³-hybridized carbons (Fsp3) is 0.462. The lowest BCUT2D eigenvalue weighted by atomic mass is 10.1. The molecule has 5 nitrogen and oxygen atoms in total. The van der Waals surface area contributed by atoms with Crippen molar-refractivity contribution in [3.8, 4) is 5.75 Å². The van der Waals surface area contributed by atoms with E-state index in [2.05, 4.69) is 5.32 Å². The van der Waals surface area contributed by atoms with Crippen LogP contribution in [0.2, 0.25) is 0 Å². The summed E-state index contributed by atoms with van der Waals surface area (Å²) in [4.78, 5) is 11.2. The highest BCUT2D eigenvalue weighted by atomic mass is 16.5. The van der Waals surface area contributed by atoms with Crippen LogP contribution >= 0.6 is 0 Å². The summed E-state index contributed by atoms with van der Waals surface area (Å²) in [6.45, 7) is 4.90. The number of benzene rings is 1. The van der Waals surface area contributed by atoms with Gasteiger partial charge in [-0.3, -0.25) is 4.79 Å². The molecule has 0 bridgehead atoms. The molecule has 0 saturated heterocycles. The third-order valence-corrected chi connectivity index (χ3v) is 2.65. The van der Waals surface area contributed by atoms with Gasteiger partial charge in [-0.15, -0.1) is 0 Å². The van der Waals surface area contributed by atoms with E-state index in [9.17, 15) is 4.79 Å². The van der Waals surface area contributed by atoms with Crippen molar-refractivity contribution in [2.24, 2.45) is 0 Å². The molecule has 3 N–H and O–H groups in total. The van der Waals surface area contributed by atoms with Gasteiger partial charge in [0, 0.05) is 11.8 Å².